The molecule has 7 rings (SSSR count). The van der Waals surface area contributed by atoms with Crippen LogP contribution >= 0.6 is 0 Å². The van der Waals surface area contributed by atoms with Crippen LogP contribution in [-0.2, 0) is 0 Å². The van der Waals surface area contributed by atoms with Gasteiger partial charge in [-0.25, -0.2) is 15.0 Å². The highest BCUT2D eigenvalue weighted by molar-refractivity contribution is 6.02. The number of nitrogens with zero attached hydrogens (tertiary/aromatic N) is 6. The number of benzene rings is 1. The number of nitrogens with two attached hydrogens (primary N) is 1. The zero-order valence-electron chi connectivity index (χ0n) is 20.4. The molecule has 1 aliphatic heterocycles. The molecule has 0 spiro atoms. The van der Waals surface area contributed by atoms with E-state index >= 15 is 0 Å². The Kier molecular flexibility index (Phi) is 4.99. The highest BCUT2D eigenvalue weighted by atomic mass is 15.2. The minimum atomic E-state index is 0.457. The molecule has 180 valence electrons. The first-order valence-corrected chi connectivity index (χ1v) is 12.8. The Morgan fingerprint density at radius 2 is 1.89 bits per heavy atom. The highest BCUT2D eigenvalue weighted by Gasteiger charge is 2.34. The SMILES string of the molecule is Cc1cc(-c2ccccn2)nc2cc(-c3cn(C4CC(CN5CCC5)C4)c4ncnc(N)c34)ccc12. The molecule has 1 saturated heterocycles. The third-order valence-electron chi connectivity index (χ3n) is 7.96. The van der Waals surface area contributed by atoms with Gasteiger partial charge in [-0.2, -0.15) is 0 Å². The zero-order chi connectivity index (χ0) is 24.2. The van der Waals surface area contributed by atoms with Crippen molar-refractivity contribution < 1.29 is 0 Å². The van der Waals surface area contributed by atoms with Crippen molar-refractivity contribution in [3.63, 3.8) is 0 Å². The van der Waals surface area contributed by atoms with Gasteiger partial charge < -0.3 is 15.2 Å². The molecule has 0 bridgehead atoms. The molecular formula is C29H29N7. The van der Waals surface area contributed by atoms with Crippen LogP contribution in [0.25, 0.3) is 44.5 Å². The topological polar surface area (TPSA) is 85.8 Å². The van der Waals surface area contributed by atoms with E-state index in [0.717, 1.165) is 50.4 Å². The summed E-state index contributed by atoms with van der Waals surface area (Å²) in [5, 5.41) is 2.07. The van der Waals surface area contributed by atoms with Gasteiger partial charge in [0, 0.05) is 35.9 Å². The summed E-state index contributed by atoms with van der Waals surface area (Å²) in [6, 6.07) is 15.0. The van der Waals surface area contributed by atoms with Crippen molar-refractivity contribution in [2.45, 2.75) is 32.2 Å². The first kappa shape index (κ1) is 21.4. The van der Waals surface area contributed by atoms with Crippen LogP contribution in [0.1, 0.15) is 30.9 Å². The van der Waals surface area contributed by atoms with Crippen molar-refractivity contribution in [1.82, 2.24) is 29.4 Å². The van der Waals surface area contributed by atoms with E-state index in [1.54, 1.807) is 12.5 Å². The second kappa shape index (κ2) is 8.38. The first-order valence-electron chi connectivity index (χ1n) is 12.8. The van der Waals surface area contributed by atoms with Crippen LogP contribution in [0, 0.1) is 12.8 Å². The van der Waals surface area contributed by atoms with Crippen LogP contribution in [0.3, 0.4) is 0 Å². The van der Waals surface area contributed by atoms with Crippen LogP contribution in [-0.4, -0.2) is 49.0 Å². The summed E-state index contributed by atoms with van der Waals surface area (Å²) in [5.74, 6) is 1.30. The number of pyridine rings is 2. The van der Waals surface area contributed by atoms with Gasteiger partial charge in [0.25, 0.3) is 0 Å². The van der Waals surface area contributed by atoms with E-state index < -0.39 is 0 Å². The Morgan fingerprint density at radius 1 is 1.00 bits per heavy atom. The monoisotopic (exact) mass is 475 g/mol. The van der Waals surface area contributed by atoms with E-state index in [1.807, 2.05) is 18.2 Å². The molecule has 7 heteroatoms. The fourth-order valence-electron chi connectivity index (χ4n) is 5.83. The molecule has 0 atom stereocenters. The first-order chi connectivity index (χ1) is 17.6. The van der Waals surface area contributed by atoms with Crippen LogP contribution in [0.2, 0.25) is 0 Å². The van der Waals surface area contributed by atoms with Gasteiger partial charge in [0.2, 0.25) is 0 Å². The van der Waals surface area contributed by atoms with Crippen molar-refractivity contribution in [1.29, 1.82) is 0 Å². The minimum absolute atomic E-state index is 0.457. The molecule has 36 heavy (non-hydrogen) atoms. The van der Waals surface area contributed by atoms with Gasteiger partial charge >= 0.3 is 0 Å². The molecule has 4 aromatic heterocycles. The minimum Gasteiger partial charge on any atom is -0.383 e. The van der Waals surface area contributed by atoms with Crippen molar-refractivity contribution >= 4 is 27.8 Å². The van der Waals surface area contributed by atoms with Crippen molar-refractivity contribution in [3.8, 4) is 22.5 Å². The summed E-state index contributed by atoms with van der Waals surface area (Å²) in [6.45, 7) is 5.88. The second-order valence-electron chi connectivity index (χ2n) is 10.3. The maximum absolute atomic E-state index is 6.43. The predicted molar refractivity (Wildman–Crippen MR) is 143 cm³/mol. The van der Waals surface area contributed by atoms with Gasteiger partial charge in [0.05, 0.1) is 22.3 Å². The van der Waals surface area contributed by atoms with Gasteiger partial charge in [0.15, 0.2) is 0 Å². The molecule has 2 aliphatic rings. The fraction of sp³-hybridized carbons (Fsp3) is 0.310. The Hall–Kier alpha value is -3.84. The molecule has 0 amide bonds. The number of aryl methyl sites for hydroxylation is 1. The molecule has 2 N–H and O–H groups in total. The standard InChI is InChI=1S/C29H29N7/c1-18-11-26(24-5-2-3-8-31-24)34-25-14-20(6-7-22(18)25)23-16-36(29-27(23)28(30)32-17-33-29)21-12-19(13-21)15-35-9-4-10-35/h2-3,5-8,11,14,16-17,19,21H,4,9-10,12-13,15H2,1H3,(H2,30,32,33). The Labute approximate surface area is 210 Å². The van der Waals surface area contributed by atoms with Gasteiger partial charge in [-0.05, 0) is 80.6 Å². The molecule has 5 aromatic rings. The van der Waals surface area contributed by atoms with E-state index in [2.05, 4.69) is 61.8 Å². The number of hydrogen-bond acceptors (Lipinski definition) is 6. The van der Waals surface area contributed by atoms with Crippen LogP contribution in [0.15, 0.2) is 61.2 Å². The van der Waals surface area contributed by atoms with Crippen molar-refractivity contribution in [2.24, 2.45) is 5.92 Å². The maximum atomic E-state index is 6.43. The van der Waals surface area contributed by atoms with E-state index in [-0.39, 0.29) is 0 Å². The summed E-state index contributed by atoms with van der Waals surface area (Å²) < 4.78 is 2.34. The largest absolute Gasteiger partial charge is 0.383 e. The molecule has 0 radical (unpaired) electrons. The molecule has 1 saturated carbocycles. The summed E-state index contributed by atoms with van der Waals surface area (Å²) in [5.41, 5.74) is 13.4. The van der Waals surface area contributed by atoms with Gasteiger partial charge in [-0.3, -0.25) is 4.98 Å². The number of anilines is 1. The third-order valence-corrected chi connectivity index (χ3v) is 7.96. The van der Waals surface area contributed by atoms with Crippen molar-refractivity contribution in [3.05, 3.63) is 66.7 Å². The van der Waals surface area contributed by atoms with Gasteiger partial charge in [-0.1, -0.05) is 18.2 Å². The smallest absolute Gasteiger partial charge is 0.146 e. The number of aromatic nitrogens is 5. The number of nitrogen functional groups attached to an aromatic ring is 1. The average Bonchev–Trinajstić information content (AvgIpc) is 3.23. The lowest BCUT2D eigenvalue weighted by Crippen LogP contribution is -2.43. The second-order valence-corrected chi connectivity index (χ2v) is 10.3. The summed E-state index contributed by atoms with van der Waals surface area (Å²) >= 11 is 0. The molecule has 7 nitrogen and oxygen atoms in total. The van der Waals surface area contributed by atoms with Crippen LogP contribution < -0.4 is 5.73 Å². The fourth-order valence-corrected chi connectivity index (χ4v) is 5.83. The summed E-state index contributed by atoms with van der Waals surface area (Å²) in [6.07, 6.45) is 9.35. The third kappa shape index (κ3) is 3.54. The Bertz CT molecular complexity index is 1580. The number of fused-ring (bicyclic) bond motifs is 2. The lowest BCUT2D eigenvalue weighted by Gasteiger charge is -2.42. The number of hydrogen-bond donors (Lipinski definition) is 1. The van der Waals surface area contributed by atoms with E-state index in [1.165, 1.54) is 44.5 Å². The molecule has 0 unspecified atom stereocenters. The molecule has 2 fully saturated rings. The van der Waals surface area contributed by atoms with E-state index in [4.69, 9.17) is 10.7 Å². The lowest BCUT2D eigenvalue weighted by molar-refractivity contribution is 0.0921. The van der Waals surface area contributed by atoms with Gasteiger partial charge in [-0.15, -0.1) is 0 Å². The molecular weight excluding hydrogens is 446 g/mol. The highest BCUT2D eigenvalue weighted by Crippen LogP contribution is 2.43. The van der Waals surface area contributed by atoms with Crippen molar-refractivity contribution in [2.75, 3.05) is 25.4 Å². The van der Waals surface area contributed by atoms with Crippen LogP contribution in [0.5, 0.6) is 0 Å². The summed E-state index contributed by atoms with van der Waals surface area (Å²) in [7, 11) is 0. The normalized spacial score (nSPS) is 19.9. The summed E-state index contributed by atoms with van der Waals surface area (Å²) in [4.78, 5) is 21.1. The predicted octanol–water partition coefficient (Wildman–Crippen LogP) is 5.26. The number of likely N-dealkylation sites (tertiary alicyclic amines) is 1. The zero-order valence-corrected chi connectivity index (χ0v) is 20.4. The lowest BCUT2D eigenvalue weighted by atomic mass is 9.79. The van der Waals surface area contributed by atoms with E-state index in [9.17, 15) is 0 Å². The van der Waals surface area contributed by atoms with Crippen LogP contribution in [0.4, 0.5) is 5.82 Å². The van der Waals surface area contributed by atoms with Gasteiger partial charge in [0.1, 0.15) is 17.8 Å². The van der Waals surface area contributed by atoms with E-state index in [0.29, 0.717) is 11.9 Å². The number of rotatable bonds is 5. The maximum Gasteiger partial charge on any atom is 0.146 e. The quantitative estimate of drug-likeness (QED) is 0.373. The molecule has 1 aliphatic carbocycles. The molecule has 1 aromatic carbocycles. The molecule has 5 heterocycles. The Morgan fingerprint density at radius 3 is 2.67 bits per heavy atom. The Balaban J connectivity index is 1.29. The average molecular weight is 476 g/mol.